The topological polar surface area (TPSA) is 26.0 Å². The van der Waals surface area contributed by atoms with Crippen LogP contribution in [0.5, 0.6) is 0 Å². The Bertz CT molecular complexity index is 184. The molecule has 0 spiro atoms. The van der Waals surface area contributed by atoms with Crippen LogP contribution in [-0.4, -0.2) is 6.04 Å². The Morgan fingerprint density at radius 3 is 2.80 bits per heavy atom. The molecule has 1 heteroatoms. The number of hydrogen-bond donors (Lipinski definition) is 1. The second-order valence-electron chi connectivity index (χ2n) is 4.92. The number of rotatable bonds is 6. The van der Waals surface area contributed by atoms with Gasteiger partial charge in [0.1, 0.15) is 0 Å². The number of allylic oxidation sites excluding steroid dienone is 1. The van der Waals surface area contributed by atoms with Crippen molar-refractivity contribution in [3.63, 3.8) is 0 Å². The van der Waals surface area contributed by atoms with Crippen LogP contribution in [-0.2, 0) is 0 Å². The SMILES string of the molecule is CCCCCCCC=C1CCCC(N)C1. The van der Waals surface area contributed by atoms with Crippen LogP contribution in [0.4, 0.5) is 0 Å². The molecule has 1 nitrogen and oxygen atoms in total. The van der Waals surface area contributed by atoms with E-state index in [0.29, 0.717) is 6.04 Å². The second kappa shape index (κ2) is 7.92. The fourth-order valence-electron chi connectivity index (χ4n) is 2.37. The van der Waals surface area contributed by atoms with Gasteiger partial charge in [-0.25, -0.2) is 0 Å². The fourth-order valence-corrected chi connectivity index (χ4v) is 2.37. The van der Waals surface area contributed by atoms with Crippen molar-refractivity contribution < 1.29 is 0 Å². The van der Waals surface area contributed by atoms with Gasteiger partial charge in [0.05, 0.1) is 0 Å². The van der Waals surface area contributed by atoms with Crippen molar-refractivity contribution >= 4 is 0 Å². The Balaban J connectivity index is 2.04. The van der Waals surface area contributed by atoms with E-state index < -0.39 is 0 Å². The highest BCUT2D eigenvalue weighted by Gasteiger charge is 2.11. The van der Waals surface area contributed by atoms with Gasteiger partial charge < -0.3 is 5.73 Å². The first kappa shape index (κ1) is 12.8. The minimum Gasteiger partial charge on any atom is -0.327 e. The zero-order valence-corrected chi connectivity index (χ0v) is 10.3. The smallest absolute Gasteiger partial charge is 0.00761 e. The Kier molecular flexibility index (Phi) is 6.74. The maximum atomic E-state index is 5.95. The summed E-state index contributed by atoms with van der Waals surface area (Å²) in [5.41, 5.74) is 7.58. The lowest BCUT2D eigenvalue weighted by Gasteiger charge is -2.20. The van der Waals surface area contributed by atoms with E-state index in [1.807, 2.05) is 0 Å². The number of hydrogen-bond acceptors (Lipinski definition) is 1. The van der Waals surface area contributed by atoms with E-state index in [9.17, 15) is 0 Å². The molecule has 15 heavy (non-hydrogen) atoms. The molecule has 88 valence electrons. The van der Waals surface area contributed by atoms with Crippen molar-refractivity contribution in [2.75, 3.05) is 0 Å². The van der Waals surface area contributed by atoms with Crippen LogP contribution in [0.15, 0.2) is 11.6 Å². The Morgan fingerprint density at radius 2 is 2.07 bits per heavy atom. The summed E-state index contributed by atoms with van der Waals surface area (Å²) in [6, 6.07) is 0.449. The Morgan fingerprint density at radius 1 is 1.27 bits per heavy atom. The summed E-state index contributed by atoms with van der Waals surface area (Å²) in [5, 5.41) is 0. The van der Waals surface area contributed by atoms with Crippen molar-refractivity contribution in [1.29, 1.82) is 0 Å². The molecular weight excluding hydrogens is 182 g/mol. The average molecular weight is 209 g/mol. The van der Waals surface area contributed by atoms with Gasteiger partial charge in [0.25, 0.3) is 0 Å². The van der Waals surface area contributed by atoms with Crippen molar-refractivity contribution in [1.82, 2.24) is 0 Å². The Hall–Kier alpha value is -0.300. The molecule has 0 aromatic heterocycles. The van der Waals surface area contributed by atoms with E-state index in [2.05, 4.69) is 13.0 Å². The summed E-state index contributed by atoms with van der Waals surface area (Å²) >= 11 is 0. The first-order chi connectivity index (χ1) is 7.33. The van der Waals surface area contributed by atoms with Crippen molar-refractivity contribution in [2.24, 2.45) is 5.73 Å². The summed E-state index contributed by atoms with van der Waals surface area (Å²) in [6.07, 6.45) is 15.7. The standard InChI is InChI=1S/C14H27N/c1-2-3-4-5-6-7-9-13-10-8-11-14(15)12-13/h9,14H,2-8,10-12,15H2,1H3. The van der Waals surface area contributed by atoms with E-state index in [1.165, 1.54) is 57.8 Å². The molecule has 0 heterocycles. The summed E-state index contributed by atoms with van der Waals surface area (Å²) in [7, 11) is 0. The van der Waals surface area contributed by atoms with Gasteiger partial charge in [-0.15, -0.1) is 0 Å². The molecule has 1 rings (SSSR count). The molecule has 1 fully saturated rings. The van der Waals surface area contributed by atoms with E-state index in [4.69, 9.17) is 5.73 Å². The molecule has 0 radical (unpaired) electrons. The highest BCUT2D eigenvalue weighted by molar-refractivity contribution is 5.06. The van der Waals surface area contributed by atoms with Crippen LogP contribution in [0, 0.1) is 0 Å². The van der Waals surface area contributed by atoms with E-state index >= 15 is 0 Å². The van der Waals surface area contributed by atoms with Crippen LogP contribution in [0.3, 0.4) is 0 Å². The molecule has 1 aliphatic carbocycles. The lowest BCUT2D eigenvalue weighted by molar-refractivity contribution is 0.514. The summed E-state index contributed by atoms with van der Waals surface area (Å²) in [6.45, 7) is 2.27. The van der Waals surface area contributed by atoms with Gasteiger partial charge in [0.2, 0.25) is 0 Å². The molecule has 1 aliphatic rings. The van der Waals surface area contributed by atoms with Crippen molar-refractivity contribution in [3.8, 4) is 0 Å². The quantitative estimate of drug-likeness (QED) is 0.515. The van der Waals surface area contributed by atoms with Gasteiger partial charge in [-0.2, -0.15) is 0 Å². The maximum Gasteiger partial charge on any atom is 0.00761 e. The molecule has 1 atom stereocenters. The molecule has 0 aromatic carbocycles. The third-order valence-electron chi connectivity index (χ3n) is 3.34. The van der Waals surface area contributed by atoms with Gasteiger partial charge in [-0.3, -0.25) is 0 Å². The van der Waals surface area contributed by atoms with Gasteiger partial charge in [-0.1, -0.05) is 44.3 Å². The predicted molar refractivity (Wildman–Crippen MR) is 67.9 cm³/mol. The molecule has 0 amide bonds. The summed E-state index contributed by atoms with van der Waals surface area (Å²) in [5.74, 6) is 0. The highest BCUT2D eigenvalue weighted by Crippen LogP contribution is 2.23. The van der Waals surface area contributed by atoms with Crippen LogP contribution in [0.2, 0.25) is 0 Å². The van der Waals surface area contributed by atoms with Crippen LogP contribution >= 0.6 is 0 Å². The summed E-state index contributed by atoms with van der Waals surface area (Å²) in [4.78, 5) is 0. The van der Waals surface area contributed by atoms with Gasteiger partial charge in [0, 0.05) is 6.04 Å². The molecule has 1 saturated carbocycles. The highest BCUT2D eigenvalue weighted by atomic mass is 14.6. The van der Waals surface area contributed by atoms with Gasteiger partial charge in [-0.05, 0) is 38.5 Å². The molecule has 0 aliphatic heterocycles. The fraction of sp³-hybridized carbons (Fsp3) is 0.857. The monoisotopic (exact) mass is 209 g/mol. The molecule has 0 bridgehead atoms. The molecule has 0 aromatic rings. The van der Waals surface area contributed by atoms with E-state index in [0.717, 1.165) is 6.42 Å². The zero-order chi connectivity index (χ0) is 10.9. The normalized spacial score (nSPS) is 24.7. The minimum absolute atomic E-state index is 0.449. The predicted octanol–water partition coefficient (Wildman–Crippen LogP) is 4.17. The average Bonchev–Trinajstić information content (AvgIpc) is 2.23. The molecular formula is C14H27N. The van der Waals surface area contributed by atoms with Gasteiger partial charge >= 0.3 is 0 Å². The van der Waals surface area contributed by atoms with Crippen LogP contribution < -0.4 is 5.73 Å². The molecule has 0 saturated heterocycles. The van der Waals surface area contributed by atoms with E-state index in [1.54, 1.807) is 5.57 Å². The first-order valence-electron chi connectivity index (χ1n) is 6.76. The van der Waals surface area contributed by atoms with Crippen molar-refractivity contribution in [2.45, 2.75) is 77.2 Å². The largest absolute Gasteiger partial charge is 0.327 e. The number of nitrogens with two attached hydrogens (primary N) is 1. The Labute approximate surface area is 95.1 Å². The third-order valence-corrected chi connectivity index (χ3v) is 3.34. The lowest BCUT2D eigenvalue weighted by Crippen LogP contribution is -2.23. The maximum absolute atomic E-state index is 5.95. The first-order valence-corrected chi connectivity index (χ1v) is 6.76. The van der Waals surface area contributed by atoms with Crippen LogP contribution in [0.25, 0.3) is 0 Å². The van der Waals surface area contributed by atoms with Crippen molar-refractivity contribution in [3.05, 3.63) is 11.6 Å². The van der Waals surface area contributed by atoms with E-state index in [-0.39, 0.29) is 0 Å². The van der Waals surface area contributed by atoms with Crippen LogP contribution in [0.1, 0.15) is 71.1 Å². The zero-order valence-electron chi connectivity index (χ0n) is 10.3. The number of unbranched alkanes of at least 4 members (excludes halogenated alkanes) is 5. The molecule has 2 N–H and O–H groups in total. The lowest BCUT2D eigenvalue weighted by atomic mass is 9.90. The molecule has 1 unspecified atom stereocenters. The third kappa shape index (κ3) is 5.99. The minimum atomic E-state index is 0.449. The van der Waals surface area contributed by atoms with Gasteiger partial charge in [0.15, 0.2) is 0 Å². The second-order valence-corrected chi connectivity index (χ2v) is 4.92. The summed E-state index contributed by atoms with van der Waals surface area (Å²) < 4.78 is 0.